The zero-order valence-corrected chi connectivity index (χ0v) is 9.05. The number of hydrogen-bond acceptors (Lipinski definition) is 0. The van der Waals surface area contributed by atoms with E-state index in [-0.39, 0.29) is 12.3 Å². The van der Waals surface area contributed by atoms with Gasteiger partial charge in [-0.05, 0) is 42.9 Å². The molecule has 2 heteroatoms. The van der Waals surface area contributed by atoms with Crippen LogP contribution in [0.3, 0.4) is 0 Å². The van der Waals surface area contributed by atoms with Gasteiger partial charge in [-0.3, -0.25) is 0 Å². The van der Waals surface area contributed by atoms with Crippen LogP contribution < -0.4 is 0 Å². The van der Waals surface area contributed by atoms with E-state index in [1.807, 2.05) is 0 Å². The van der Waals surface area contributed by atoms with Crippen LogP contribution in [0.5, 0.6) is 0 Å². The van der Waals surface area contributed by atoms with Crippen LogP contribution in [0.2, 0.25) is 0 Å². The monoisotopic (exact) mass is 202 g/mol. The first kappa shape index (κ1) is 10.4. The summed E-state index contributed by atoms with van der Waals surface area (Å²) in [5.41, 5.74) is 0. The molecule has 2 rings (SSSR count). The molecule has 0 radical (unpaired) electrons. The molecule has 0 N–H and O–H groups in total. The summed E-state index contributed by atoms with van der Waals surface area (Å²) >= 11 is 0. The van der Waals surface area contributed by atoms with Crippen LogP contribution in [-0.2, 0) is 0 Å². The molecule has 14 heavy (non-hydrogen) atoms. The Kier molecular flexibility index (Phi) is 2.81. The molecule has 0 aromatic rings. The van der Waals surface area contributed by atoms with Gasteiger partial charge in [0.15, 0.2) is 0 Å². The Morgan fingerprint density at radius 3 is 2.43 bits per heavy atom. The molecule has 5 atom stereocenters. The number of fused-ring (bicyclic) bond motifs is 1. The Hall–Kier alpha value is -0.140. The lowest BCUT2D eigenvalue weighted by molar-refractivity contribution is 0.0378. The van der Waals surface area contributed by atoms with Crippen molar-refractivity contribution in [3.8, 4) is 0 Å². The predicted octanol–water partition coefficient (Wildman–Crippen LogP) is 3.75. The zero-order valence-electron chi connectivity index (χ0n) is 9.05. The fraction of sp³-hybridized carbons (Fsp3) is 1.00. The Morgan fingerprint density at radius 2 is 1.79 bits per heavy atom. The second kappa shape index (κ2) is 3.79. The first-order valence-corrected chi connectivity index (χ1v) is 5.87. The second-order valence-corrected chi connectivity index (χ2v) is 5.41. The predicted molar refractivity (Wildman–Crippen MR) is 53.6 cm³/mol. The zero-order chi connectivity index (χ0) is 10.3. The lowest BCUT2D eigenvalue weighted by Gasteiger charge is -2.35. The normalized spacial score (nSPS) is 48.2. The smallest absolute Gasteiger partial charge is 0.106 e. The molecule has 0 heterocycles. The number of halogens is 2. The summed E-state index contributed by atoms with van der Waals surface area (Å²) in [6.45, 7) is 4.34. The molecule has 0 nitrogen and oxygen atoms in total. The van der Waals surface area contributed by atoms with Crippen LogP contribution in [-0.4, -0.2) is 12.3 Å². The van der Waals surface area contributed by atoms with E-state index in [9.17, 15) is 8.78 Å². The van der Waals surface area contributed by atoms with Crippen LogP contribution in [0, 0.1) is 23.7 Å². The standard InChI is InChI=1S/C12H20F2/c1-7(2)10-4-3-8-5-9(13)6-11(14)12(8)10/h7-12H,3-6H2,1-2H3. The van der Waals surface area contributed by atoms with E-state index < -0.39 is 12.3 Å². The molecule has 82 valence electrons. The number of rotatable bonds is 1. The first-order valence-electron chi connectivity index (χ1n) is 5.87. The minimum atomic E-state index is -0.878. The average Bonchev–Trinajstić information content (AvgIpc) is 2.47. The van der Waals surface area contributed by atoms with Gasteiger partial charge in [-0.1, -0.05) is 13.8 Å². The SMILES string of the molecule is CC(C)C1CCC2CC(F)CC(F)C21. The molecule has 5 unspecified atom stereocenters. The molecule has 0 aliphatic heterocycles. The van der Waals surface area contributed by atoms with E-state index in [0.29, 0.717) is 24.2 Å². The van der Waals surface area contributed by atoms with Crippen molar-refractivity contribution < 1.29 is 8.78 Å². The van der Waals surface area contributed by atoms with E-state index in [2.05, 4.69) is 13.8 Å². The maximum Gasteiger partial charge on any atom is 0.106 e. The van der Waals surface area contributed by atoms with Gasteiger partial charge in [0.1, 0.15) is 12.3 Å². The van der Waals surface area contributed by atoms with Crippen molar-refractivity contribution in [2.75, 3.05) is 0 Å². The van der Waals surface area contributed by atoms with Gasteiger partial charge in [0, 0.05) is 6.42 Å². The Labute approximate surface area is 85.1 Å². The highest BCUT2D eigenvalue weighted by molar-refractivity contribution is 4.95. The summed E-state index contributed by atoms with van der Waals surface area (Å²) in [7, 11) is 0. The van der Waals surface area contributed by atoms with E-state index in [1.54, 1.807) is 0 Å². The second-order valence-electron chi connectivity index (χ2n) is 5.41. The summed E-state index contributed by atoms with van der Waals surface area (Å²) in [4.78, 5) is 0. The highest BCUT2D eigenvalue weighted by Gasteiger charge is 2.46. The molecule has 2 saturated carbocycles. The highest BCUT2D eigenvalue weighted by Crippen LogP contribution is 2.50. The highest BCUT2D eigenvalue weighted by atomic mass is 19.1. The van der Waals surface area contributed by atoms with Gasteiger partial charge in [-0.25, -0.2) is 8.78 Å². The number of alkyl halides is 2. The molecule has 0 amide bonds. The number of hydrogen-bond donors (Lipinski definition) is 0. The molecular weight excluding hydrogens is 182 g/mol. The molecule has 0 bridgehead atoms. The topological polar surface area (TPSA) is 0 Å². The van der Waals surface area contributed by atoms with Crippen molar-refractivity contribution in [2.45, 2.75) is 51.9 Å². The molecule has 0 aromatic carbocycles. The summed E-state index contributed by atoms with van der Waals surface area (Å²) < 4.78 is 26.9. The van der Waals surface area contributed by atoms with Crippen LogP contribution in [0.4, 0.5) is 8.78 Å². The summed E-state index contributed by atoms with van der Waals surface area (Å²) in [6, 6.07) is 0. The van der Waals surface area contributed by atoms with E-state index in [0.717, 1.165) is 12.8 Å². The molecule has 2 aliphatic carbocycles. The fourth-order valence-electron chi connectivity index (χ4n) is 3.58. The fourth-order valence-corrected chi connectivity index (χ4v) is 3.58. The lowest BCUT2D eigenvalue weighted by atomic mass is 9.73. The lowest BCUT2D eigenvalue weighted by Crippen LogP contribution is -2.36. The molecule has 0 spiro atoms. The minimum Gasteiger partial charge on any atom is -0.247 e. The molecule has 2 fully saturated rings. The quantitative estimate of drug-likeness (QED) is 0.607. The molecule has 2 aliphatic rings. The Bertz CT molecular complexity index is 202. The third-order valence-electron chi connectivity index (χ3n) is 4.22. The van der Waals surface area contributed by atoms with Crippen LogP contribution in [0.25, 0.3) is 0 Å². The Morgan fingerprint density at radius 1 is 1.07 bits per heavy atom. The minimum absolute atomic E-state index is 0.157. The van der Waals surface area contributed by atoms with E-state index in [4.69, 9.17) is 0 Å². The largest absolute Gasteiger partial charge is 0.247 e. The van der Waals surface area contributed by atoms with Gasteiger partial charge in [-0.2, -0.15) is 0 Å². The van der Waals surface area contributed by atoms with Gasteiger partial charge in [-0.15, -0.1) is 0 Å². The van der Waals surface area contributed by atoms with Gasteiger partial charge in [0.05, 0.1) is 0 Å². The summed E-state index contributed by atoms with van der Waals surface area (Å²) in [6.07, 6.45) is 1.18. The van der Waals surface area contributed by atoms with Crippen molar-refractivity contribution >= 4 is 0 Å². The Balaban J connectivity index is 2.09. The van der Waals surface area contributed by atoms with Gasteiger partial charge in [0.2, 0.25) is 0 Å². The summed E-state index contributed by atoms with van der Waals surface area (Å²) in [5.74, 6) is 1.56. The maximum absolute atomic E-state index is 13.8. The first-order chi connectivity index (χ1) is 6.59. The molecular formula is C12H20F2. The molecule has 0 aromatic heterocycles. The third kappa shape index (κ3) is 1.68. The van der Waals surface area contributed by atoms with E-state index >= 15 is 0 Å². The van der Waals surface area contributed by atoms with Gasteiger partial charge in [0.25, 0.3) is 0 Å². The maximum atomic E-state index is 13.8. The van der Waals surface area contributed by atoms with Crippen molar-refractivity contribution in [1.82, 2.24) is 0 Å². The summed E-state index contributed by atoms with van der Waals surface area (Å²) in [5, 5.41) is 0. The van der Waals surface area contributed by atoms with E-state index in [1.165, 1.54) is 0 Å². The van der Waals surface area contributed by atoms with Crippen LogP contribution in [0.15, 0.2) is 0 Å². The third-order valence-corrected chi connectivity index (χ3v) is 4.22. The van der Waals surface area contributed by atoms with Crippen molar-refractivity contribution in [3.63, 3.8) is 0 Å². The van der Waals surface area contributed by atoms with Crippen LogP contribution in [0.1, 0.15) is 39.5 Å². The molecule has 0 saturated heterocycles. The van der Waals surface area contributed by atoms with Crippen molar-refractivity contribution in [2.24, 2.45) is 23.7 Å². The van der Waals surface area contributed by atoms with Gasteiger partial charge >= 0.3 is 0 Å². The van der Waals surface area contributed by atoms with Gasteiger partial charge < -0.3 is 0 Å². The van der Waals surface area contributed by atoms with Crippen molar-refractivity contribution in [3.05, 3.63) is 0 Å². The van der Waals surface area contributed by atoms with Crippen LogP contribution >= 0.6 is 0 Å². The average molecular weight is 202 g/mol. The van der Waals surface area contributed by atoms with Crippen molar-refractivity contribution in [1.29, 1.82) is 0 Å².